The minimum absolute atomic E-state index is 0.0303. The monoisotopic (exact) mass is 420 g/mol. The molecule has 3 nitrogen and oxygen atoms in total. The zero-order valence-corrected chi connectivity index (χ0v) is 14.7. The lowest BCUT2D eigenvalue weighted by atomic mass is 10.2. The van der Waals surface area contributed by atoms with Crippen molar-refractivity contribution in [3.05, 3.63) is 62.3 Å². The molecule has 1 amide bonds. The Morgan fingerprint density at radius 3 is 2.50 bits per heavy atom. The molecule has 0 radical (unpaired) electrons. The number of hydrogen-bond donors (Lipinski definition) is 2. The van der Waals surface area contributed by atoms with Crippen LogP contribution in [0.2, 0.25) is 10.0 Å². The third kappa shape index (κ3) is 4.39. The molecular weight excluding hydrogens is 414 g/mol. The zero-order valence-electron chi connectivity index (χ0n) is 10.8. The molecule has 2 aromatic carbocycles. The van der Waals surface area contributed by atoms with E-state index < -0.39 is 11.7 Å². The summed E-state index contributed by atoms with van der Waals surface area (Å²) in [6.07, 6.45) is 0. The highest BCUT2D eigenvalue weighted by Gasteiger charge is 2.11. The van der Waals surface area contributed by atoms with Gasteiger partial charge in [-0.2, -0.15) is 0 Å². The summed E-state index contributed by atoms with van der Waals surface area (Å²) in [7, 11) is 0. The van der Waals surface area contributed by atoms with Gasteiger partial charge in [-0.05, 0) is 48.6 Å². The first kappa shape index (κ1) is 17.1. The van der Waals surface area contributed by atoms with Gasteiger partial charge in [0, 0.05) is 10.0 Å². The maximum Gasteiger partial charge on any atom is 0.257 e. The number of hydrogen-bond acceptors (Lipinski definition) is 2. The van der Waals surface area contributed by atoms with Crippen LogP contribution in [0.5, 0.6) is 0 Å². The molecule has 0 unspecified atom stereocenters. The van der Waals surface area contributed by atoms with Gasteiger partial charge in [-0.15, -0.1) is 0 Å². The van der Waals surface area contributed by atoms with Crippen molar-refractivity contribution in [3.8, 4) is 0 Å². The molecule has 0 atom stereocenters. The molecule has 0 heterocycles. The molecule has 114 valence electrons. The first-order valence-corrected chi connectivity index (χ1v) is 7.85. The van der Waals surface area contributed by atoms with Gasteiger partial charge in [-0.3, -0.25) is 10.1 Å². The van der Waals surface area contributed by atoms with Crippen LogP contribution in [0, 0.1) is 5.82 Å². The van der Waals surface area contributed by atoms with Crippen molar-refractivity contribution in [2.24, 2.45) is 0 Å². The van der Waals surface area contributed by atoms with Gasteiger partial charge in [0.2, 0.25) is 0 Å². The van der Waals surface area contributed by atoms with Gasteiger partial charge in [0.15, 0.2) is 5.11 Å². The van der Waals surface area contributed by atoms with Crippen molar-refractivity contribution in [1.82, 2.24) is 5.32 Å². The van der Waals surface area contributed by atoms with Gasteiger partial charge in [-0.25, -0.2) is 4.39 Å². The fourth-order valence-corrected chi connectivity index (χ4v) is 2.39. The second-order valence-electron chi connectivity index (χ2n) is 4.16. The van der Waals surface area contributed by atoms with E-state index >= 15 is 0 Å². The molecule has 0 saturated heterocycles. The van der Waals surface area contributed by atoms with E-state index in [2.05, 4.69) is 26.6 Å². The summed E-state index contributed by atoms with van der Waals surface area (Å²) in [4.78, 5) is 12.0. The van der Waals surface area contributed by atoms with E-state index in [9.17, 15) is 9.18 Å². The lowest BCUT2D eigenvalue weighted by Gasteiger charge is -2.11. The average Bonchev–Trinajstić information content (AvgIpc) is 2.45. The third-order valence-corrected chi connectivity index (χ3v) is 4.02. The molecule has 0 aliphatic rings. The van der Waals surface area contributed by atoms with Gasteiger partial charge in [-0.1, -0.05) is 39.1 Å². The molecule has 0 saturated carbocycles. The van der Waals surface area contributed by atoms with Crippen molar-refractivity contribution in [2.45, 2.75) is 0 Å². The van der Waals surface area contributed by atoms with Crippen molar-refractivity contribution in [3.63, 3.8) is 0 Å². The second kappa shape index (κ2) is 7.37. The first-order valence-electron chi connectivity index (χ1n) is 5.89. The Balaban J connectivity index is 2.05. The SMILES string of the molecule is O=C(NC(=S)Nc1ccc(Br)cc1F)c1ccc(Cl)c(Cl)c1. The lowest BCUT2D eigenvalue weighted by molar-refractivity contribution is 0.0977. The summed E-state index contributed by atoms with van der Waals surface area (Å²) < 4.78 is 14.3. The standard InChI is InChI=1S/C14H8BrCl2FN2OS/c15-8-2-4-12(11(18)6-8)19-14(22)20-13(21)7-1-3-9(16)10(17)5-7/h1-6H,(H2,19,20,21,22). The quantitative estimate of drug-likeness (QED) is 0.668. The maximum atomic E-state index is 13.7. The van der Waals surface area contributed by atoms with Gasteiger partial charge in [0.1, 0.15) is 5.82 Å². The number of halogens is 4. The fraction of sp³-hybridized carbons (Fsp3) is 0. The van der Waals surface area contributed by atoms with E-state index in [1.165, 1.54) is 30.3 Å². The summed E-state index contributed by atoms with van der Waals surface area (Å²) in [6, 6.07) is 8.86. The summed E-state index contributed by atoms with van der Waals surface area (Å²) in [5, 5.41) is 5.61. The van der Waals surface area contributed by atoms with Gasteiger partial charge in [0.25, 0.3) is 5.91 Å². The molecule has 0 bridgehead atoms. The Kier molecular flexibility index (Phi) is 5.74. The van der Waals surface area contributed by atoms with Crippen LogP contribution < -0.4 is 10.6 Å². The number of carbonyl (C=O) groups excluding carboxylic acids is 1. The fourth-order valence-electron chi connectivity index (χ4n) is 1.56. The molecule has 0 aliphatic heterocycles. The highest BCUT2D eigenvalue weighted by molar-refractivity contribution is 9.10. The predicted molar refractivity (Wildman–Crippen MR) is 94.2 cm³/mol. The van der Waals surface area contributed by atoms with E-state index in [1.807, 2.05) is 0 Å². The average molecular weight is 422 g/mol. The number of amides is 1. The van der Waals surface area contributed by atoms with Crippen molar-refractivity contribution >= 4 is 68.1 Å². The number of thiocarbonyl (C=S) groups is 1. The molecule has 0 aliphatic carbocycles. The molecule has 8 heteroatoms. The van der Waals surface area contributed by atoms with Gasteiger partial charge < -0.3 is 5.32 Å². The largest absolute Gasteiger partial charge is 0.330 e. The minimum Gasteiger partial charge on any atom is -0.330 e. The molecule has 22 heavy (non-hydrogen) atoms. The van der Waals surface area contributed by atoms with Crippen LogP contribution in [-0.2, 0) is 0 Å². The normalized spacial score (nSPS) is 10.2. The van der Waals surface area contributed by atoms with Crippen LogP contribution in [0.15, 0.2) is 40.9 Å². The van der Waals surface area contributed by atoms with Crippen molar-refractivity contribution in [1.29, 1.82) is 0 Å². The molecule has 0 spiro atoms. The summed E-state index contributed by atoms with van der Waals surface area (Å²) in [5.41, 5.74) is 0.442. The number of anilines is 1. The third-order valence-electron chi connectivity index (χ3n) is 2.59. The first-order chi connectivity index (χ1) is 10.4. The summed E-state index contributed by atoms with van der Waals surface area (Å²) in [6.45, 7) is 0. The topological polar surface area (TPSA) is 41.1 Å². The number of nitrogens with one attached hydrogen (secondary N) is 2. The Morgan fingerprint density at radius 1 is 1.14 bits per heavy atom. The zero-order chi connectivity index (χ0) is 16.3. The van der Waals surface area contributed by atoms with Gasteiger partial charge in [0.05, 0.1) is 15.7 Å². The van der Waals surface area contributed by atoms with Crippen molar-refractivity contribution in [2.75, 3.05) is 5.32 Å². The number of rotatable bonds is 2. The lowest BCUT2D eigenvalue weighted by Crippen LogP contribution is -2.34. The van der Waals surface area contributed by atoms with Crippen LogP contribution in [-0.4, -0.2) is 11.0 Å². The van der Waals surface area contributed by atoms with E-state index in [4.69, 9.17) is 35.4 Å². The molecule has 2 N–H and O–H groups in total. The highest BCUT2D eigenvalue weighted by Crippen LogP contribution is 2.22. The Labute approximate surface area is 149 Å². The molecule has 2 aromatic rings. The number of carbonyl (C=O) groups is 1. The van der Waals surface area contributed by atoms with Crippen LogP contribution in [0.1, 0.15) is 10.4 Å². The Morgan fingerprint density at radius 2 is 1.86 bits per heavy atom. The highest BCUT2D eigenvalue weighted by atomic mass is 79.9. The Bertz CT molecular complexity index is 758. The summed E-state index contributed by atoms with van der Waals surface area (Å²) in [5.74, 6) is -0.978. The minimum atomic E-state index is -0.500. The predicted octanol–water partition coefficient (Wildman–Crippen LogP) is 5.02. The molecule has 2 rings (SSSR count). The van der Waals surface area contributed by atoms with Crippen molar-refractivity contribution < 1.29 is 9.18 Å². The Hall–Kier alpha value is -1.21. The van der Waals surface area contributed by atoms with Crippen LogP contribution in [0.3, 0.4) is 0 Å². The number of benzene rings is 2. The van der Waals surface area contributed by atoms with Crippen LogP contribution in [0.4, 0.5) is 10.1 Å². The van der Waals surface area contributed by atoms with Gasteiger partial charge >= 0.3 is 0 Å². The second-order valence-corrected chi connectivity index (χ2v) is 6.30. The molecule has 0 fully saturated rings. The molecular formula is C14H8BrCl2FN2OS. The summed E-state index contributed by atoms with van der Waals surface area (Å²) >= 11 is 19.8. The van der Waals surface area contributed by atoms with E-state index in [0.717, 1.165) is 0 Å². The van der Waals surface area contributed by atoms with E-state index in [1.54, 1.807) is 6.07 Å². The van der Waals surface area contributed by atoms with Crippen LogP contribution >= 0.6 is 51.3 Å². The van der Waals surface area contributed by atoms with E-state index in [0.29, 0.717) is 9.50 Å². The smallest absolute Gasteiger partial charge is 0.257 e. The van der Waals surface area contributed by atoms with Crippen LogP contribution in [0.25, 0.3) is 0 Å². The molecule has 0 aromatic heterocycles. The van der Waals surface area contributed by atoms with E-state index in [-0.39, 0.29) is 21.4 Å². The maximum absolute atomic E-state index is 13.7.